The summed E-state index contributed by atoms with van der Waals surface area (Å²) in [6.07, 6.45) is 1.15. The van der Waals surface area contributed by atoms with E-state index in [4.69, 9.17) is 4.74 Å². The Bertz CT molecular complexity index is 194. The predicted molar refractivity (Wildman–Crippen MR) is 56.0 cm³/mol. The summed E-state index contributed by atoms with van der Waals surface area (Å²) >= 11 is 0. The van der Waals surface area contributed by atoms with E-state index in [1.165, 1.54) is 0 Å². The molecule has 1 aliphatic rings. The third-order valence-corrected chi connectivity index (χ3v) is 3.19. The highest BCUT2D eigenvalue weighted by Gasteiger charge is 2.23. The molecule has 0 bridgehead atoms. The molecule has 0 radical (unpaired) electrons. The van der Waals surface area contributed by atoms with Crippen molar-refractivity contribution >= 4 is 5.91 Å². The van der Waals surface area contributed by atoms with Crippen LogP contribution < -0.4 is 0 Å². The molecule has 0 aromatic carbocycles. The SMILES string of the molecule is CCC(C)C1COCCN(C(C)=O)C1. The molecule has 82 valence electrons. The molecule has 1 saturated heterocycles. The molecule has 3 nitrogen and oxygen atoms in total. The summed E-state index contributed by atoms with van der Waals surface area (Å²) in [6, 6.07) is 0. The topological polar surface area (TPSA) is 29.5 Å². The van der Waals surface area contributed by atoms with Crippen molar-refractivity contribution in [2.75, 3.05) is 26.3 Å². The molecule has 0 saturated carbocycles. The van der Waals surface area contributed by atoms with Gasteiger partial charge >= 0.3 is 0 Å². The van der Waals surface area contributed by atoms with Crippen molar-refractivity contribution in [2.24, 2.45) is 11.8 Å². The average molecular weight is 199 g/mol. The summed E-state index contributed by atoms with van der Waals surface area (Å²) in [4.78, 5) is 13.2. The number of nitrogens with zero attached hydrogens (tertiary/aromatic N) is 1. The molecule has 0 aromatic heterocycles. The summed E-state index contributed by atoms with van der Waals surface area (Å²) in [5.74, 6) is 1.31. The van der Waals surface area contributed by atoms with Crippen LogP contribution in [-0.4, -0.2) is 37.1 Å². The van der Waals surface area contributed by atoms with Crippen LogP contribution in [0.15, 0.2) is 0 Å². The summed E-state index contributed by atoms with van der Waals surface area (Å²) in [7, 11) is 0. The fourth-order valence-electron chi connectivity index (χ4n) is 1.80. The highest BCUT2D eigenvalue weighted by atomic mass is 16.5. The van der Waals surface area contributed by atoms with Gasteiger partial charge in [0.1, 0.15) is 0 Å². The van der Waals surface area contributed by atoms with E-state index in [2.05, 4.69) is 13.8 Å². The lowest BCUT2D eigenvalue weighted by Crippen LogP contribution is -2.35. The number of ether oxygens (including phenoxy) is 1. The number of hydrogen-bond acceptors (Lipinski definition) is 2. The van der Waals surface area contributed by atoms with E-state index in [0.717, 1.165) is 26.1 Å². The number of rotatable bonds is 2. The smallest absolute Gasteiger partial charge is 0.219 e. The van der Waals surface area contributed by atoms with Crippen LogP contribution in [0.1, 0.15) is 27.2 Å². The molecule has 0 aliphatic carbocycles. The van der Waals surface area contributed by atoms with Crippen molar-refractivity contribution in [3.8, 4) is 0 Å². The Morgan fingerprint density at radius 3 is 2.93 bits per heavy atom. The standard InChI is InChI=1S/C11H21NO2/c1-4-9(2)11-7-12(10(3)13)5-6-14-8-11/h9,11H,4-8H2,1-3H3. The molecular formula is C11H21NO2. The first-order chi connectivity index (χ1) is 6.65. The molecule has 1 fully saturated rings. The van der Waals surface area contributed by atoms with Gasteiger partial charge in [0.15, 0.2) is 0 Å². The maximum absolute atomic E-state index is 11.3. The minimum Gasteiger partial charge on any atom is -0.379 e. The second-order valence-electron chi connectivity index (χ2n) is 4.19. The highest BCUT2D eigenvalue weighted by Crippen LogP contribution is 2.19. The van der Waals surface area contributed by atoms with Crippen molar-refractivity contribution in [1.82, 2.24) is 4.90 Å². The molecule has 2 unspecified atom stereocenters. The summed E-state index contributed by atoms with van der Waals surface area (Å²) in [6.45, 7) is 9.17. The quantitative estimate of drug-likeness (QED) is 0.675. The fourth-order valence-corrected chi connectivity index (χ4v) is 1.80. The molecule has 0 aromatic rings. The van der Waals surface area contributed by atoms with Gasteiger partial charge in [0.05, 0.1) is 13.2 Å². The first-order valence-corrected chi connectivity index (χ1v) is 5.48. The van der Waals surface area contributed by atoms with E-state index >= 15 is 0 Å². The van der Waals surface area contributed by atoms with Crippen LogP contribution in [0.3, 0.4) is 0 Å². The lowest BCUT2D eigenvalue weighted by molar-refractivity contribution is -0.129. The monoisotopic (exact) mass is 199 g/mol. The third kappa shape index (κ3) is 2.98. The maximum Gasteiger partial charge on any atom is 0.219 e. The van der Waals surface area contributed by atoms with Gasteiger partial charge in [-0.15, -0.1) is 0 Å². The Balaban J connectivity index is 2.55. The Morgan fingerprint density at radius 2 is 2.36 bits per heavy atom. The second-order valence-corrected chi connectivity index (χ2v) is 4.19. The van der Waals surface area contributed by atoms with Crippen molar-refractivity contribution in [1.29, 1.82) is 0 Å². The number of hydrogen-bond donors (Lipinski definition) is 0. The van der Waals surface area contributed by atoms with E-state index in [9.17, 15) is 4.79 Å². The predicted octanol–water partition coefficient (Wildman–Crippen LogP) is 1.53. The van der Waals surface area contributed by atoms with Crippen LogP contribution in [0.25, 0.3) is 0 Å². The normalized spacial score (nSPS) is 25.6. The van der Waals surface area contributed by atoms with Gasteiger partial charge in [-0.3, -0.25) is 4.79 Å². The largest absolute Gasteiger partial charge is 0.379 e. The van der Waals surface area contributed by atoms with Gasteiger partial charge in [-0.1, -0.05) is 20.3 Å². The van der Waals surface area contributed by atoms with Crippen molar-refractivity contribution in [3.63, 3.8) is 0 Å². The molecule has 2 atom stereocenters. The Labute approximate surface area is 86.4 Å². The van der Waals surface area contributed by atoms with E-state index in [0.29, 0.717) is 18.4 Å². The lowest BCUT2D eigenvalue weighted by atomic mass is 9.92. The van der Waals surface area contributed by atoms with Crippen LogP contribution in [0.4, 0.5) is 0 Å². The number of carbonyl (C=O) groups is 1. The van der Waals surface area contributed by atoms with E-state index in [1.807, 2.05) is 4.90 Å². The summed E-state index contributed by atoms with van der Waals surface area (Å²) < 4.78 is 5.52. The van der Waals surface area contributed by atoms with E-state index in [1.54, 1.807) is 6.92 Å². The first-order valence-electron chi connectivity index (χ1n) is 5.48. The minimum atomic E-state index is 0.170. The van der Waals surface area contributed by atoms with Gasteiger partial charge in [-0.05, 0) is 5.92 Å². The zero-order valence-corrected chi connectivity index (χ0v) is 9.45. The Hall–Kier alpha value is -0.570. The van der Waals surface area contributed by atoms with Gasteiger partial charge < -0.3 is 9.64 Å². The molecule has 0 N–H and O–H groups in total. The van der Waals surface area contributed by atoms with E-state index in [-0.39, 0.29) is 5.91 Å². The highest BCUT2D eigenvalue weighted by molar-refractivity contribution is 5.73. The van der Waals surface area contributed by atoms with Crippen molar-refractivity contribution in [2.45, 2.75) is 27.2 Å². The molecular weight excluding hydrogens is 178 g/mol. The van der Waals surface area contributed by atoms with Gasteiger partial charge in [0.2, 0.25) is 5.91 Å². The van der Waals surface area contributed by atoms with Crippen molar-refractivity contribution < 1.29 is 9.53 Å². The second kappa shape index (κ2) is 5.35. The molecule has 1 aliphatic heterocycles. The van der Waals surface area contributed by atoms with Crippen LogP contribution in [0, 0.1) is 11.8 Å². The number of amides is 1. The zero-order valence-electron chi connectivity index (χ0n) is 9.45. The zero-order chi connectivity index (χ0) is 10.6. The van der Waals surface area contributed by atoms with Crippen LogP contribution in [-0.2, 0) is 9.53 Å². The summed E-state index contributed by atoms with van der Waals surface area (Å²) in [5, 5.41) is 0. The van der Waals surface area contributed by atoms with Crippen LogP contribution in [0.2, 0.25) is 0 Å². The van der Waals surface area contributed by atoms with Gasteiger partial charge in [-0.2, -0.15) is 0 Å². The van der Waals surface area contributed by atoms with Gasteiger partial charge in [0.25, 0.3) is 0 Å². The summed E-state index contributed by atoms with van der Waals surface area (Å²) in [5.41, 5.74) is 0. The molecule has 1 heterocycles. The molecule has 1 amide bonds. The lowest BCUT2D eigenvalue weighted by Gasteiger charge is -2.25. The molecule has 3 heteroatoms. The third-order valence-electron chi connectivity index (χ3n) is 3.19. The molecule has 0 spiro atoms. The molecule has 1 rings (SSSR count). The fraction of sp³-hybridized carbons (Fsp3) is 0.909. The Morgan fingerprint density at radius 1 is 1.64 bits per heavy atom. The van der Waals surface area contributed by atoms with Crippen LogP contribution in [0.5, 0.6) is 0 Å². The number of carbonyl (C=O) groups excluding carboxylic acids is 1. The van der Waals surface area contributed by atoms with Gasteiger partial charge in [-0.25, -0.2) is 0 Å². The van der Waals surface area contributed by atoms with Gasteiger partial charge in [0, 0.05) is 25.9 Å². The van der Waals surface area contributed by atoms with Crippen LogP contribution >= 0.6 is 0 Å². The maximum atomic E-state index is 11.3. The average Bonchev–Trinajstić information content (AvgIpc) is 2.41. The Kier molecular flexibility index (Phi) is 4.39. The first kappa shape index (κ1) is 11.5. The molecule has 14 heavy (non-hydrogen) atoms. The minimum absolute atomic E-state index is 0.170. The van der Waals surface area contributed by atoms with E-state index < -0.39 is 0 Å². The van der Waals surface area contributed by atoms with Crippen molar-refractivity contribution in [3.05, 3.63) is 0 Å².